The second-order valence-corrected chi connectivity index (χ2v) is 8.16. The summed E-state index contributed by atoms with van der Waals surface area (Å²) in [7, 11) is 0. The van der Waals surface area contributed by atoms with Crippen LogP contribution in [0.25, 0.3) is 11.3 Å². The molecule has 1 saturated heterocycles. The van der Waals surface area contributed by atoms with Gasteiger partial charge in [-0.25, -0.2) is 9.37 Å². The maximum Gasteiger partial charge on any atom is 0.522 e. The Morgan fingerprint density at radius 3 is 2.71 bits per heavy atom. The number of rotatable bonds is 5. The number of aromatic nitrogens is 2. The molecule has 0 unspecified atom stereocenters. The second kappa shape index (κ2) is 8.76. The summed E-state index contributed by atoms with van der Waals surface area (Å²) in [4.78, 5) is 16.6. The van der Waals surface area contributed by atoms with E-state index < -0.39 is 24.4 Å². The molecule has 168 valence electrons. The second-order valence-electron chi connectivity index (χ2n) is 7.75. The fourth-order valence-electron chi connectivity index (χ4n) is 3.78. The molecular weight excluding hydrogens is 442 g/mol. The minimum absolute atomic E-state index is 0.0317. The van der Waals surface area contributed by atoms with E-state index in [4.69, 9.17) is 16.3 Å². The highest BCUT2D eigenvalue weighted by Gasteiger charge is 2.41. The third-order valence-electron chi connectivity index (χ3n) is 5.52. The van der Waals surface area contributed by atoms with Crippen molar-refractivity contribution in [2.45, 2.75) is 56.3 Å². The lowest BCUT2D eigenvalue weighted by molar-refractivity contribution is -0.351. The Morgan fingerprint density at radius 2 is 2.06 bits per heavy atom. The first kappa shape index (κ1) is 22.0. The molecule has 1 aromatic carbocycles. The van der Waals surface area contributed by atoms with Crippen molar-refractivity contribution in [3.63, 3.8) is 0 Å². The molecule has 1 aliphatic heterocycles. The molecule has 0 bridgehead atoms. The molecule has 11 heteroatoms. The number of carbonyl (C=O) groups excluding carboxylic acids is 1. The van der Waals surface area contributed by atoms with Gasteiger partial charge in [0, 0.05) is 17.8 Å². The molecule has 2 aromatic rings. The van der Waals surface area contributed by atoms with E-state index in [1.165, 1.54) is 12.1 Å². The summed E-state index contributed by atoms with van der Waals surface area (Å²) < 4.78 is 61.6. The van der Waals surface area contributed by atoms with E-state index >= 15 is 0 Å². The van der Waals surface area contributed by atoms with Gasteiger partial charge in [0.25, 0.3) is 0 Å². The molecule has 31 heavy (non-hydrogen) atoms. The number of halogens is 5. The van der Waals surface area contributed by atoms with Crippen LogP contribution in [0.1, 0.15) is 31.7 Å². The number of alkyl halides is 3. The first-order valence-corrected chi connectivity index (χ1v) is 10.2. The van der Waals surface area contributed by atoms with Crippen LogP contribution in [0.4, 0.5) is 17.6 Å². The largest absolute Gasteiger partial charge is 0.522 e. The molecule has 1 N–H and O–H groups in total. The number of nitrogens with one attached hydrogen (secondary N) is 1. The van der Waals surface area contributed by atoms with Crippen LogP contribution < -0.4 is 5.32 Å². The lowest BCUT2D eigenvalue weighted by Gasteiger charge is -2.37. The highest BCUT2D eigenvalue weighted by molar-refractivity contribution is 6.30. The maximum atomic E-state index is 13.7. The number of amides is 1. The number of hydrogen-bond acceptors (Lipinski definition) is 4. The summed E-state index contributed by atoms with van der Waals surface area (Å²) in [6.07, 6.45) is -1.41. The summed E-state index contributed by atoms with van der Waals surface area (Å²) >= 11 is 5.71. The molecule has 0 spiro atoms. The van der Waals surface area contributed by atoms with Crippen LogP contribution in [-0.2, 0) is 14.3 Å². The van der Waals surface area contributed by atoms with Crippen molar-refractivity contribution in [1.29, 1.82) is 0 Å². The molecule has 2 fully saturated rings. The Morgan fingerprint density at radius 1 is 1.29 bits per heavy atom. The summed E-state index contributed by atoms with van der Waals surface area (Å²) in [5.41, 5.74) is 1.19. The average Bonchev–Trinajstić information content (AvgIpc) is 3.18. The van der Waals surface area contributed by atoms with Crippen LogP contribution in [0.2, 0.25) is 5.02 Å². The van der Waals surface area contributed by atoms with Crippen molar-refractivity contribution in [2.24, 2.45) is 0 Å². The topological polar surface area (TPSA) is 65.4 Å². The molecule has 2 aliphatic rings. The summed E-state index contributed by atoms with van der Waals surface area (Å²) in [6.45, 7) is 0.285. The summed E-state index contributed by atoms with van der Waals surface area (Å²) in [5.74, 6) is -0.844. The smallest absolute Gasteiger partial charge is 0.366 e. The standard InChI is InChI=1S/C20H20ClF4N3O3/c21-15-3-1-11(5-16(15)22)17-8-28(10-26-17)13-2-4-18(30-9-13)19(29)27-12-6-14(7-12)31-20(23,24)25/h1,3,5,8,10,12-14,18H,2,4,6-7,9H2,(H,27,29)/t12?,13-,14?,18+/m1/s1. The Kier molecular flexibility index (Phi) is 6.23. The lowest BCUT2D eigenvalue weighted by atomic mass is 9.89. The fraction of sp³-hybridized carbons (Fsp3) is 0.500. The van der Waals surface area contributed by atoms with E-state index in [0.29, 0.717) is 24.1 Å². The SMILES string of the molecule is O=C(NC1CC(OC(F)(F)F)C1)[C@@H]1CC[C@@H](n2cnc(-c3ccc(Cl)c(F)c3)c2)CO1. The van der Waals surface area contributed by atoms with Crippen molar-refractivity contribution < 1.29 is 31.8 Å². The van der Waals surface area contributed by atoms with Crippen LogP contribution >= 0.6 is 11.6 Å². The van der Waals surface area contributed by atoms with E-state index in [2.05, 4.69) is 15.0 Å². The minimum atomic E-state index is -4.66. The van der Waals surface area contributed by atoms with Crippen molar-refractivity contribution in [2.75, 3.05) is 6.61 Å². The normalized spacial score (nSPS) is 26.4. The number of imidazole rings is 1. The van der Waals surface area contributed by atoms with E-state index in [0.717, 1.165) is 0 Å². The van der Waals surface area contributed by atoms with Crippen LogP contribution in [0, 0.1) is 5.82 Å². The number of benzene rings is 1. The van der Waals surface area contributed by atoms with Crippen LogP contribution in [-0.4, -0.2) is 46.7 Å². The average molecular weight is 462 g/mol. The summed E-state index contributed by atoms with van der Waals surface area (Å²) in [5, 5.41) is 2.76. The number of ether oxygens (including phenoxy) is 2. The molecule has 1 aromatic heterocycles. The first-order chi connectivity index (χ1) is 14.7. The van der Waals surface area contributed by atoms with Crippen molar-refractivity contribution in [1.82, 2.24) is 14.9 Å². The van der Waals surface area contributed by atoms with Gasteiger partial charge in [0.15, 0.2) is 0 Å². The highest BCUT2D eigenvalue weighted by Crippen LogP contribution is 2.31. The Labute approximate surface area is 180 Å². The van der Waals surface area contributed by atoms with Crippen molar-refractivity contribution in [3.8, 4) is 11.3 Å². The van der Waals surface area contributed by atoms with Gasteiger partial charge in [-0.1, -0.05) is 17.7 Å². The van der Waals surface area contributed by atoms with Gasteiger partial charge in [-0.05, 0) is 37.8 Å². The molecular formula is C20H20ClF4N3O3. The summed E-state index contributed by atoms with van der Waals surface area (Å²) in [6, 6.07) is 4.10. The molecule has 4 rings (SSSR count). The fourth-order valence-corrected chi connectivity index (χ4v) is 3.90. The molecule has 6 nitrogen and oxygen atoms in total. The zero-order chi connectivity index (χ0) is 22.2. The van der Waals surface area contributed by atoms with E-state index in [-0.39, 0.29) is 42.5 Å². The zero-order valence-electron chi connectivity index (χ0n) is 16.2. The predicted octanol–water partition coefficient (Wildman–Crippen LogP) is 4.25. The minimum Gasteiger partial charge on any atom is -0.366 e. The van der Waals surface area contributed by atoms with Crippen LogP contribution in [0.15, 0.2) is 30.7 Å². The highest BCUT2D eigenvalue weighted by atomic mass is 35.5. The van der Waals surface area contributed by atoms with Crippen LogP contribution in [0.3, 0.4) is 0 Å². The van der Waals surface area contributed by atoms with Gasteiger partial charge in [-0.3, -0.25) is 9.53 Å². The molecule has 1 amide bonds. The zero-order valence-corrected chi connectivity index (χ0v) is 17.0. The Balaban J connectivity index is 1.25. The molecule has 1 saturated carbocycles. The quantitative estimate of drug-likeness (QED) is 0.676. The van der Waals surface area contributed by atoms with E-state index in [1.54, 1.807) is 18.6 Å². The monoisotopic (exact) mass is 461 g/mol. The Bertz CT molecular complexity index is 938. The molecule has 2 heterocycles. The van der Waals surface area contributed by atoms with Gasteiger partial charge in [0.05, 0.1) is 35.8 Å². The predicted molar refractivity (Wildman–Crippen MR) is 103 cm³/mol. The maximum absolute atomic E-state index is 13.7. The van der Waals surface area contributed by atoms with Gasteiger partial charge in [-0.15, -0.1) is 13.2 Å². The third-order valence-corrected chi connectivity index (χ3v) is 5.83. The third kappa shape index (κ3) is 5.36. The van der Waals surface area contributed by atoms with E-state index in [9.17, 15) is 22.4 Å². The van der Waals surface area contributed by atoms with Crippen molar-refractivity contribution >= 4 is 17.5 Å². The molecule has 0 radical (unpaired) electrons. The van der Waals surface area contributed by atoms with Crippen LogP contribution in [0.5, 0.6) is 0 Å². The van der Waals surface area contributed by atoms with Crippen molar-refractivity contribution in [3.05, 3.63) is 41.6 Å². The van der Waals surface area contributed by atoms with Gasteiger partial charge in [-0.2, -0.15) is 0 Å². The van der Waals surface area contributed by atoms with E-state index in [1.807, 2.05) is 4.57 Å². The first-order valence-electron chi connectivity index (χ1n) is 9.83. The van der Waals surface area contributed by atoms with Gasteiger partial charge >= 0.3 is 6.36 Å². The van der Waals surface area contributed by atoms with Gasteiger partial charge in [0.1, 0.15) is 11.9 Å². The molecule has 2 atom stereocenters. The molecule has 1 aliphatic carbocycles. The number of carbonyl (C=O) groups is 1. The van der Waals surface area contributed by atoms with Gasteiger partial charge < -0.3 is 14.6 Å². The number of nitrogens with zero attached hydrogens (tertiary/aromatic N) is 2. The Hall–Kier alpha value is -2.17. The number of hydrogen-bond donors (Lipinski definition) is 1. The lowest BCUT2D eigenvalue weighted by Crippen LogP contribution is -2.52. The van der Waals surface area contributed by atoms with Gasteiger partial charge in [0.2, 0.25) is 5.91 Å².